The second-order valence-electron chi connectivity index (χ2n) is 7.60. The van der Waals surface area contributed by atoms with Crippen LogP contribution < -0.4 is 5.32 Å². The summed E-state index contributed by atoms with van der Waals surface area (Å²) in [6.07, 6.45) is 0.769. The van der Waals surface area contributed by atoms with Crippen molar-refractivity contribution in [2.24, 2.45) is 0 Å². The molecule has 0 bridgehead atoms. The highest BCUT2D eigenvalue weighted by atomic mass is 32.1. The van der Waals surface area contributed by atoms with E-state index in [4.69, 9.17) is 0 Å². The van der Waals surface area contributed by atoms with Gasteiger partial charge in [0, 0.05) is 23.3 Å². The van der Waals surface area contributed by atoms with Crippen molar-refractivity contribution < 1.29 is 4.79 Å². The normalized spacial score (nSPS) is 11.2. The Labute approximate surface area is 180 Å². The topological polar surface area (TPSA) is 72.7 Å². The summed E-state index contributed by atoms with van der Waals surface area (Å²) in [7, 11) is 0. The number of nitrogens with zero attached hydrogens (tertiary/aromatic N) is 4. The molecular formula is C23H25N5OS. The van der Waals surface area contributed by atoms with E-state index in [1.54, 1.807) is 0 Å². The molecule has 3 aromatic heterocycles. The van der Waals surface area contributed by atoms with E-state index in [2.05, 4.69) is 50.7 Å². The number of hydrogen-bond acceptors (Lipinski definition) is 5. The molecule has 4 aromatic rings. The van der Waals surface area contributed by atoms with Crippen LogP contribution in [-0.4, -0.2) is 32.2 Å². The molecule has 0 spiro atoms. The lowest BCUT2D eigenvalue weighted by molar-refractivity contribution is 0.0957. The standard InChI is InChI=1S/C23H25N5OS/c1-13-12-14(2)28(27-13)19-8-6-18(7-9-19)10-11-24-22(29)21-15(3)20-16(4)25-17(5)26-23(20)30-21/h6-9,12H,10-11H2,1-5H3,(H,24,29). The number of aryl methyl sites for hydroxylation is 5. The zero-order valence-electron chi connectivity index (χ0n) is 17.9. The molecule has 7 heteroatoms. The van der Waals surface area contributed by atoms with Crippen molar-refractivity contribution in [1.29, 1.82) is 0 Å². The molecular weight excluding hydrogens is 394 g/mol. The van der Waals surface area contributed by atoms with E-state index in [0.29, 0.717) is 11.4 Å². The molecule has 154 valence electrons. The zero-order valence-corrected chi connectivity index (χ0v) is 18.7. The van der Waals surface area contributed by atoms with E-state index in [0.717, 1.165) is 50.8 Å². The largest absolute Gasteiger partial charge is 0.351 e. The predicted molar refractivity (Wildman–Crippen MR) is 121 cm³/mol. The SMILES string of the molecule is Cc1cc(C)n(-c2ccc(CCNC(=O)c3sc4nc(C)nc(C)c4c3C)cc2)n1. The molecule has 4 rings (SSSR count). The summed E-state index contributed by atoms with van der Waals surface area (Å²) < 4.78 is 1.94. The molecule has 0 fully saturated rings. The van der Waals surface area contributed by atoms with Gasteiger partial charge in [-0.1, -0.05) is 12.1 Å². The minimum atomic E-state index is -0.0492. The Kier molecular flexibility index (Phi) is 5.39. The monoisotopic (exact) mass is 419 g/mol. The molecule has 30 heavy (non-hydrogen) atoms. The third kappa shape index (κ3) is 3.85. The molecule has 1 N–H and O–H groups in total. The molecule has 3 heterocycles. The van der Waals surface area contributed by atoms with Crippen LogP contribution in [0.2, 0.25) is 0 Å². The van der Waals surface area contributed by atoms with E-state index < -0.39 is 0 Å². The van der Waals surface area contributed by atoms with E-state index >= 15 is 0 Å². The first-order chi connectivity index (χ1) is 14.3. The number of rotatable bonds is 5. The molecule has 6 nitrogen and oxygen atoms in total. The number of nitrogens with one attached hydrogen (secondary N) is 1. The number of hydrogen-bond donors (Lipinski definition) is 1. The summed E-state index contributed by atoms with van der Waals surface area (Å²) in [6.45, 7) is 10.4. The Morgan fingerprint density at radius 2 is 1.80 bits per heavy atom. The van der Waals surface area contributed by atoms with Crippen molar-refractivity contribution in [3.8, 4) is 5.69 Å². The number of carbonyl (C=O) groups is 1. The van der Waals surface area contributed by atoms with Crippen molar-refractivity contribution in [3.63, 3.8) is 0 Å². The second-order valence-corrected chi connectivity index (χ2v) is 8.60. The summed E-state index contributed by atoms with van der Waals surface area (Å²) in [6, 6.07) is 10.4. The third-order valence-electron chi connectivity index (χ3n) is 5.18. The fourth-order valence-corrected chi connectivity index (χ4v) is 4.98. The van der Waals surface area contributed by atoms with Crippen molar-refractivity contribution >= 4 is 27.5 Å². The lowest BCUT2D eigenvalue weighted by atomic mass is 10.1. The Morgan fingerprint density at radius 1 is 1.07 bits per heavy atom. The van der Waals surface area contributed by atoms with Crippen LogP contribution in [0.3, 0.4) is 0 Å². The number of fused-ring (bicyclic) bond motifs is 1. The Hall–Kier alpha value is -3.06. The molecule has 0 radical (unpaired) electrons. The minimum Gasteiger partial charge on any atom is -0.351 e. The lowest BCUT2D eigenvalue weighted by Crippen LogP contribution is -2.25. The maximum absolute atomic E-state index is 12.7. The van der Waals surface area contributed by atoms with Gasteiger partial charge in [0.2, 0.25) is 0 Å². The minimum absolute atomic E-state index is 0.0492. The summed E-state index contributed by atoms with van der Waals surface area (Å²) in [4.78, 5) is 23.3. The van der Waals surface area contributed by atoms with Gasteiger partial charge in [0.05, 0.1) is 16.3 Å². The fourth-order valence-electron chi connectivity index (χ4n) is 3.78. The smallest absolute Gasteiger partial charge is 0.261 e. The van der Waals surface area contributed by atoms with Crippen molar-refractivity contribution in [2.45, 2.75) is 41.0 Å². The lowest BCUT2D eigenvalue weighted by Gasteiger charge is -2.07. The van der Waals surface area contributed by atoms with E-state index in [-0.39, 0.29) is 5.91 Å². The number of aromatic nitrogens is 4. The molecule has 0 atom stereocenters. The maximum Gasteiger partial charge on any atom is 0.261 e. The van der Waals surface area contributed by atoms with Crippen molar-refractivity contribution in [3.05, 3.63) is 69.2 Å². The molecule has 1 amide bonds. The van der Waals surface area contributed by atoms with Gasteiger partial charge in [0.15, 0.2) is 0 Å². The quantitative estimate of drug-likeness (QED) is 0.521. The molecule has 0 saturated heterocycles. The van der Waals surface area contributed by atoms with Crippen LogP contribution in [0, 0.1) is 34.6 Å². The molecule has 1 aromatic carbocycles. The van der Waals surface area contributed by atoms with E-state index in [1.165, 1.54) is 16.9 Å². The van der Waals surface area contributed by atoms with Gasteiger partial charge in [-0.05, 0) is 70.4 Å². The molecule has 0 saturated carbocycles. The number of thiophene rings is 1. The van der Waals surface area contributed by atoms with Crippen LogP contribution in [0.15, 0.2) is 30.3 Å². The highest BCUT2D eigenvalue weighted by molar-refractivity contribution is 7.20. The third-order valence-corrected chi connectivity index (χ3v) is 6.36. The average molecular weight is 420 g/mol. The summed E-state index contributed by atoms with van der Waals surface area (Å²) >= 11 is 1.44. The summed E-state index contributed by atoms with van der Waals surface area (Å²) in [5.74, 6) is 0.684. The van der Waals surface area contributed by atoms with Crippen LogP contribution in [0.1, 0.15) is 43.7 Å². The van der Waals surface area contributed by atoms with E-state index in [1.807, 2.05) is 39.3 Å². The van der Waals surface area contributed by atoms with Crippen LogP contribution in [0.5, 0.6) is 0 Å². The van der Waals surface area contributed by atoms with Crippen LogP contribution >= 0.6 is 11.3 Å². The fraction of sp³-hybridized carbons (Fsp3) is 0.304. The predicted octanol–water partition coefficient (Wildman–Crippen LogP) is 4.39. The van der Waals surface area contributed by atoms with Gasteiger partial charge in [-0.25, -0.2) is 14.6 Å². The first kappa shape index (κ1) is 20.2. The first-order valence-electron chi connectivity index (χ1n) is 9.98. The summed E-state index contributed by atoms with van der Waals surface area (Å²) in [5.41, 5.74) is 6.22. The Bertz CT molecular complexity index is 1240. The Morgan fingerprint density at radius 3 is 2.47 bits per heavy atom. The zero-order chi connectivity index (χ0) is 21.4. The molecule has 0 aliphatic heterocycles. The summed E-state index contributed by atoms with van der Waals surface area (Å²) in [5, 5.41) is 8.56. The molecule has 0 unspecified atom stereocenters. The number of benzene rings is 1. The van der Waals surface area contributed by atoms with Gasteiger partial charge < -0.3 is 5.32 Å². The first-order valence-corrected chi connectivity index (χ1v) is 10.8. The van der Waals surface area contributed by atoms with Crippen LogP contribution in [0.25, 0.3) is 15.9 Å². The molecule has 0 aliphatic carbocycles. The van der Waals surface area contributed by atoms with Gasteiger partial charge in [0.25, 0.3) is 5.91 Å². The maximum atomic E-state index is 12.7. The highest BCUT2D eigenvalue weighted by Crippen LogP contribution is 2.31. The number of carbonyl (C=O) groups excluding carboxylic acids is 1. The Balaban J connectivity index is 1.41. The van der Waals surface area contributed by atoms with Crippen molar-refractivity contribution in [1.82, 2.24) is 25.1 Å². The van der Waals surface area contributed by atoms with Gasteiger partial charge in [0.1, 0.15) is 10.7 Å². The average Bonchev–Trinajstić information content (AvgIpc) is 3.20. The van der Waals surface area contributed by atoms with Gasteiger partial charge in [-0.15, -0.1) is 11.3 Å². The van der Waals surface area contributed by atoms with E-state index in [9.17, 15) is 4.79 Å². The van der Waals surface area contributed by atoms with Crippen LogP contribution in [0.4, 0.5) is 0 Å². The second kappa shape index (κ2) is 7.99. The van der Waals surface area contributed by atoms with Crippen LogP contribution in [-0.2, 0) is 6.42 Å². The van der Waals surface area contributed by atoms with Crippen molar-refractivity contribution in [2.75, 3.05) is 6.54 Å². The van der Waals surface area contributed by atoms with Gasteiger partial charge in [-0.3, -0.25) is 4.79 Å². The van der Waals surface area contributed by atoms with Gasteiger partial charge in [-0.2, -0.15) is 5.10 Å². The molecule has 0 aliphatic rings. The van der Waals surface area contributed by atoms with Gasteiger partial charge >= 0.3 is 0 Å². The highest BCUT2D eigenvalue weighted by Gasteiger charge is 2.18. The number of amides is 1.